The number of nitro groups is 1. The average molecular weight is 414 g/mol. The molecule has 0 saturated heterocycles. The van der Waals surface area contributed by atoms with Crippen LogP contribution in [0.15, 0.2) is 85.5 Å². The number of hydrogen-bond acceptors (Lipinski definition) is 5. The van der Waals surface area contributed by atoms with Gasteiger partial charge in [-0.05, 0) is 42.5 Å². The molecule has 0 aliphatic rings. The molecule has 0 saturated carbocycles. The van der Waals surface area contributed by atoms with E-state index in [0.29, 0.717) is 28.1 Å². The second kappa shape index (κ2) is 8.50. The molecule has 0 atom stereocenters. The highest BCUT2D eigenvalue weighted by molar-refractivity contribution is 6.04. The molecule has 8 nitrogen and oxygen atoms in total. The highest BCUT2D eigenvalue weighted by atomic mass is 16.7. The highest BCUT2D eigenvalue weighted by Gasteiger charge is 2.17. The van der Waals surface area contributed by atoms with E-state index >= 15 is 0 Å². The van der Waals surface area contributed by atoms with E-state index < -0.39 is 4.92 Å². The molecular weight excluding hydrogens is 396 g/mol. The number of imidazole rings is 1. The minimum Gasteiger partial charge on any atom is -0.408 e. The van der Waals surface area contributed by atoms with Crippen molar-refractivity contribution in [2.45, 2.75) is 0 Å². The molecule has 0 aliphatic carbocycles. The molecule has 1 aromatic heterocycles. The van der Waals surface area contributed by atoms with Crippen LogP contribution >= 0.6 is 0 Å². The lowest BCUT2D eigenvalue weighted by atomic mass is 10.1. The summed E-state index contributed by atoms with van der Waals surface area (Å²) in [7, 11) is 0. The standard InChI is InChI=1S/C23H18N4O4/c1-2-14-31-26-21-15-19(27(29)30)12-13-20(21)25-22(26)16-8-10-18(11-9-16)24-23(28)17-6-4-3-5-7-17/h2-13,15H,1,14H2,(H,24,28). The predicted octanol–water partition coefficient (Wildman–Crippen LogP) is 4.48. The summed E-state index contributed by atoms with van der Waals surface area (Å²) in [6.45, 7) is 3.85. The number of fused-ring (bicyclic) bond motifs is 1. The number of anilines is 1. The van der Waals surface area contributed by atoms with Crippen LogP contribution in [-0.2, 0) is 0 Å². The average Bonchev–Trinajstić information content (AvgIpc) is 3.16. The van der Waals surface area contributed by atoms with Crippen molar-refractivity contribution in [2.24, 2.45) is 0 Å². The van der Waals surface area contributed by atoms with Gasteiger partial charge in [0, 0.05) is 28.9 Å². The van der Waals surface area contributed by atoms with Crippen LogP contribution in [-0.4, -0.2) is 27.2 Å². The molecule has 1 heterocycles. The summed E-state index contributed by atoms with van der Waals surface area (Å²) in [5.74, 6) is 0.278. The number of nitrogens with one attached hydrogen (secondary N) is 1. The summed E-state index contributed by atoms with van der Waals surface area (Å²) in [4.78, 5) is 33.3. The Balaban J connectivity index is 1.66. The number of carbonyl (C=O) groups excluding carboxylic acids is 1. The van der Waals surface area contributed by atoms with Crippen LogP contribution in [0, 0.1) is 10.1 Å². The third-order valence-electron chi connectivity index (χ3n) is 4.57. The van der Waals surface area contributed by atoms with Crippen molar-refractivity contribution in [3.63, 3.8) is 0 Å². The van der Waals surface area contributed by atoms with Gasteiger partial charge in [-0.1, -0.05) is 30.9 Å². The Hall–Kier alpha value is -4.46. The Morgan fingerprint density at radius 3 is 2.55 bits per heavy atom. The molecule has 31 heavy (non-hydrogen) atoms. The molecule has 0 spiro atoms. The first-order chi connectivity index (χ1) is 15.1. The Morgan fingerprint density at radius 1 is 1.13 bits per heavy atom. The van der Waals surface area contributed by atoms with E-state index in [1.54, 1.807) is 60.7 Å². The van der Waals surface area contributed by atoms with Crippen molar-refractivity contribution in [2.75, 3.05) is 11.9 Å². The zero-order valence-corrected chi connectivity index (χ0v) is 16.4. The van der Waals surface area contributed by atoms with Gasteiger partial charge >= 0.3 is 0 Å². The monoisotopic (exact) mass is 414 g/mol. The maximum atomic E-state index is 12.3. The second-order valence-corrected chi connectivity index (χ2v) is 6.64. The van der Waals surface area contributed by atoms with Gasteiger partial charge in [0.25, 0.3) is 11.6 Å². The molecule has 3 aromatic carbocycles. The van der Waals surface area contributed by atoms with Crippen molar-refractivity contribution in [1.29, 1.82) is 0 Å². The van der Waals surface area contributed by atoms with Crippen LogP contribution in [0.5, 0.6) is 0 Å². The first-order valence-corrected chi connectivity index (χ1v) is 9.45. The smallest absolute Gasteiger partial charge is 0.271 e. The summed E-state index contributed by atoms with van der Waals surface area (Å²) in [5, 5.41) is 14.0. The molecule has 1 N–H and O–H groups in total. The molecule has 4 rings (SSSR count). The first kappa shape index (κ1) is 19.8. The molecule has 8 heteroatoms. The van der Waals surface area contributed by atoms with E-state index in [1.165, 1.54) is 16.9 Å². The fourth-order valence-corrected chi connectivity index (χ4v) is 3.09. The van der Waals surface area contributed by atoms with Crippen LogP contribution in [0.4, 0.5) is 11.4 Å². The number of benzene rings is 3. The molecule has 0 bridgehead atoms. The lowest BCUT2D eigenvalue weighted by Gasteiger charge is -2.10. The van der Waals surface area contributed by atoms with Crippen LogP contribution in [0.25, 0.3) is 22.4 Å². The van der Waals surface area contributed by atoms with Gasteiger partial charge in [-0.15, -0.1) is 0 Å². The van der Waals surface area contributed by atoms with E-state index in [2.05, 4.69) is 16.9 Å². The van der Waals surface area contributed by atoms with Crippen LogP contribution in [0.3, 0.4) is 0 Å². The number of hydrogen-bond donors (Lipinski definition) is 1. The van der Waals surface area contributed by atoms with E-state index in [4.69, 9.17) is 4.84 Å². The number of aromatic nitrogens is 2. The van der Waals surface area contributed by atoms with Crippen LogP contribution < -0.4 is 10.2 Å². The molecule has 0 radical (unpaired) electrons. The van der Waals surface area contributed by atoms with Crippen molar-refractivity contribution in [3.05, 3.63) is 101 Å². The Labute approximate surface area is 177 Å². The summed E-state index contributed by atoms with van der Waals surface area (Å²) in [5.41, 5.74) is 2.90. The first-order valence-electron chi connectivity index (χ1n) is 9.45. The van der Waals surface area contributed by atoms with E-state index in [0.717, 1.165) is 5.56 Å². The van der Waals surface area contributed by atoms with Crippen LogP contribution in [0.2, 0.25) is 0 Å². The van der Waals surface area contributed by atoms with E-state index in [9.17, 15) is 14.9 Å². The highest BCUT2D eigenvalue weighted by Crippen LogP contribution is 2.27. The van der Waals surface area contributed by atoms with Gasteiger partial charge in [-0.2, -0.15) is 4.73 Å². The Kier molecular flexibility index (Phi) is 5.44. The van der Waals surface area contributed by atoms with Gasteiger partial charge in [0.15, 0.2) is 5.82 Å². The molecule has 154 valence electrons. The van der Waals surface area contributed by atoms with Crippen molar-refractivity contribution >= 4 is 28.3 Å². The zero-order chi connectivity index (χ0) is 21.8. The SMILES string of the molecule is C=CCOn1c(-c2ccc(NC(=O)c3ccccc3)cc2)nc2ccc([N+](=O)[O-])cc21. The van der Waals surface area contributed by atoms with Gasteiger partial charge < -0.3 is 10.2 Å². The van der Waals surface area contributed by atoms with Crippen LogP contribution in [0.1, 0.15) is 10.4 Å². The summed E-state index contributed by atoms with van der Waals surface area (Å²) >= 11 is 0. The minimum atomic E-state index is -0.464. The number of carbonyl (C=O) groups is 1. The minimum absolute atomic E-state index is 0.0543. The largest absolute Gasteiger partial charge is 0.408 e. The van der Waals surface area contributed by atoms with Crippen molar-refractivity contribution < 1.29 is 14.6 Å². The van der Waals surface area contributed by atoms with Crippen molar-refractivity contribution in [1.82, 2.24) is 9.71 Å². The fraction of sp³-hybridized carbons (Fsp3) is 0.0435. The van der Waals surface area contributed by atoms with Gasteiger partial charge in [0.1, 0.15) is 12.1 Å². The van der Waals surface area contributed by atoms with Gasteiger partial charge in [0.05, 0.1) is 10.4 Å². The second-order valence-electron chi connectivity index (χ2n) is 6.64. The number of nitrogens with zero attached hydrogens (tertiary/aromatic N) is 3. The number of nitro benzene ring substituents is 1. The summed E-state index contributed by atoms with van der Waals surface area (Å²) < 4.78 is 1.46. The lowest BCUT2D eigenvalue weighted by Crippen LogP contribution is -2.13. The number of rotatable bonds is 7. The van der Waals surface area contributed by atoms with Gasteiger partial charge in [-0.3, -0.25) is 14.9 Å². The summed E-state index contributed by atoms with van der Waals surface area (Å²) in [6.07, 6.45) is 1.58. The zero-order valence-electron chi connectivity index (χ0n) is 16.4. The van der Waals surface area contributed by atoms with Crippen molar-refractivity contribution in [3.8, 4) is 11.4 Å². The quantitative estimate of drug-likeness (QED) is 0.273. The Bertz CT molecular complexity index is 1260. The lowest BCUT2D eigenvalue weighted by molar-refractivity contribution is -0.384. The van der Waals surface area contributed by atoms with E-state index in [-0.39, 0.29) is 18.2 Å². The third kappa shape index (κ3) is 4.13. The van der Waals surface area contributed by atoms with Gasteiger partial charge in [0.2, 0.25) is 0 Å². The molecule has 1 amide bonds. The topological polar surface area (TPSA) is 99.3 Å². The number of amides is 1. The molecular formula is C23H18N4O4. The normalized spacial score (nSPS) is 10.6. The fourth-order valence-electron chi connectivity index (χ4n) is 3.09. The summed E-state index contributed by atoms with van der Waals surface area (Å²) in [6, 6.07) is 20.4. The molecule has 4 aromatic rings. The maximum absolute atomic E-state index is 12.3. The molecule has 0 fully saturated rings. The molecule has 0 unspecified atom stereocenters. The van der Waals surface area contributed by atoms with E-state index in [1.807, 2.05) is 6.07 Å². The molecule has 0 aliphatic heterocycles. The van der Waals surface area contributed by atoms with Gasteiger partial charge in [-0.25, -0.2) is 4.98 Å². The maximum Gasteiger partial charge on any atom is 0.271 e. The third-order valence-corrected chi connectivity index (χ3v) is 4.57. The Morgan fingerprint density at radius 2 is 1.87 bits per heavy atom. The predicted molar refractivity (Wildman–Crippen MR) is 118 cm³/mol. The number of non-ortho nitro benzene ring substituents is 1.